The largest absolute Gasteiger partial charge is 0.508 e. The summed E-state index contributed by atoms with van der Waals surface area (Å²) in [5.41, 5.74) is 4.00. The molecule has 0 aromatic heterocycles. The number of carbonyl (C=O) groups excluding carboxylic acids is 4. The number of aliphatic hydroxyl groups is 1. The average molecular weight is 679 g/mol. The minimum Gasteiger partial charge on any atom is -0.464 e. The molecule has 1 saturated heterocycles. The zero-order chi connectivity index (χ0) is 34.9. The molecule has 1 aliphatic heterocycles. The van der Waals surface area contributed by atoms with E-state index in [0.717, 1.165) is 18.4 Å². The van der Waals surface area contributed by atoms with Gasteiger partial charge in [0.1, 0.15) is 12.6 Å². The van der Waals surface area contributed by atoms with Gasteiger partial charge < -0.3 is 39.4 Å². The Kier molecular flexibility index (Phi) is 10.6. The Bertz CT molecular complexity index is 1350. The van der Waals surface area contributed by atoms with Gasteiger partial charge in [0.2, 0.25) is 5.78 Å². The van der Waals surface area contributed by atoms with Crippen LogP contribution < -0.4 is 5.73 Å². The molecule has 0 aromatic carbocycles. The maximum Gasteiger partial charge on any atom is 0.508 e. The van der Waals surface area contributed by atoms with E-state index in [1.54, 1.807) is 12.2 Å². The molecule has 0 amide bonds. The Morgan fingerprint density at radius 1 is 1.19 bits per heavy atom. The van der Waals surface area contributed by atoms with Crippen molar-refractivity contribution in [3.63, 3.8) is 0 Å². The van der Waals surface area contributed by atoms with E-state index < -0.39 is 77.2 Å². The average Bonchev–Trinajstić information content (AvgIpc) is 3.52. The number of hydrogen-bond acceptors (Lipinski definition) is 14. The van der Waals surface area contributed by atoms with Crippen molar-refractivity contribution in [2.45, 2.75) is 102 Å². The highest BCUT2D eigenvalue weighted by atomic mass is 16.9. The summed E-state index contributed by atoms with van der Waals surface area (Å²) in [5.74, 6) is -1.54. The first-order valence-electron chi connectivity index (χ1n) is 16.7. The SMILES string of the molecule is CCCC1O[C@@H]2C[C@H]3[C@@H]4CCC5=CC(=O)C=C[C@]5(C)[C@H]4[C@@H](O)C[C@]3(C)C2(C(=O)COC(=O)OCC(N)C(=O)OCCCCO[N+](=O)[O-])O1. The molecule has 0 spiro atoms. The number of aliphatic hydroxyl groups excluding tert-OH is 1. The molecular formula is C33H46N2O13. The van der Waals surface area contributed by atoms with Crippen LogP contribution in [-0.2, 0) is 42.9 Å². The molecule has 4 fully saturated rings. The number of allylic oxidation sites excluding steroid dienone is 4. The van der Waals surface area contributed by atoms with Crippen LogP contribution in [0.15, 0.2) is 23.8 Å². The van der Waals surface area contributed by atoms with Crippen LogP contribution in [0.25, 0.3) is 0 Å². The fraction of sp³-hybridized carbons (Fsp3) is 0.758. The van der Waals surface area contributed by atoms with Crippen molar-refractivity contribution in [2.24, 2.45) is 34.3 Å². The maximum atomic E-state index is 14.2. The number of fused-ring (bicyclic) bond motifs is 7. The Hall–Kier alpha value is -3.40. The number of rotatable bonds is 14. The molecule has 3 saturated carbocycles. The minimum absolute atomic E-state index is 0.0346. The van der Waals surface area contributed by atoms with E-state index in [0.29, 0.717) is 25.7 Å². The predicted molar refractivity (Wildman–Crippen MR) is 164 cm³/mol. The Morgan fingerprint density at radius 2 is 1.94 bits per heavy atom. The monoisotopic (exact) mass is 678 g/mol. The van der Waals surface area contributed by atoms with Gasteiger partial charge in [-0.05, 0) is 68.9 Å². The van der Waals surface area contributed by atoms with E-state index in [4.69, 9.17) is 29.4 Å². The van der Waals surface area contributed by atoms with Gasteiger partial charge in [-0.1, -0.05) is 38.8 Å². The third-order valence-corrected chi connectivity index (χ3v) is 11.2. The highest BCUT2D eigenvalue weighted by Gasteiger charge is 2.75. The number of nitrogens with zero attached hydrogens (tertiary/aromatic N) is 1. The highest BCUT2D eigenvalue weighted by Crippen LogP contribution is 2.69. The molecule has 48 heavy (non-hydrogen) atoms. The molecule has 266 valence electrons. The standard InChI is InChI=1S/C33H46N2O13/c1-4-7-27-47-26-15-22-21-9-8-19-14-20(36)10-11-31(19,2)28(21)24(37)16-32(22,3)33(26,48-27)25(38)18-45-30(40)44-17-23(34)29(39)43-12-5-6-13-46-35(41)42/h10-11,14,21-24,26-28,37H,4-9,12-13,15-18,34H2,1-3H3/t21-,22-,23?,24-,26+,27?,28+,31-,32-,33?/m0/s1. The summed E-state index contributed by atoms with van der Waals surface area (Å²) in [7, 11) is 0. The summed E-state index contributed by atoms with van der Waals surface area (Å²) in [4.78, 5) is 65.3. The molecule has 5 aliphatic rings. The van der Waals surface area contributed by atoms with Crippen molar-refractivity contribution in [1.82, 2.24) is 0 Å². The molecule has 5 rings (SSSR count). The third kappa shape index (κ3) is 6.49. The lowest BCUT2D eigenvalue weighted by Crippen LogP contribution is -2.63. The molecule has 0 radical (unpaired) electrons. The summed E-state index contributed by atoms with van der Waals surface area (Å²) in [6.45, 7) is 4.61. The number of carbonyl (C=O) groups is 4. The fourth-order valence-corrected chi connectivity index (χ4v) is 9.13. The van der Waals surface area contributed by atoms with E-state index >= 15 is 0 Å². The molecule has 3 N–H and O–H groups in total. The molecule has 15 nitrogen and oxygen atoms in total. The van der Waals surface area contributed by atoms with Gasteiger partial charge in [-0.2, -0.15) is 0 Å². The van der Waals surface area contributed by atoms with Crippen molar-refractivity contribution in [2.75, 3.05) is 26.4 Å². The van der Waals surface area contributed by atoms with Gasteiger partial charge in [0, 0.05) is 16.7 Å². The molecule has 4 aliphatic carbocycles. The second-order valence-corrected chi connectivity index (χ2v) is 14.0. The maximum absolute atomic E-state index is 14.2. The summed E-state index contributed by atoms with van der Waals surface area (Å²) in [6, 6.07) is -1.32. The third-order valence-electron chi connectivity index (χ3n) is 11.2. The first kappa shape index (κ1) is 35.9. The zero-order valence-electron chi connectivity index (χ0n) is 27.6. The summed E-state index contributed by atoms with van der Waals surface area (Å²) >= 11 is 0. The van der Waals surface area contributed by atoms with Crippen molar-refractivity contribution >= 4 is 23.7 Å². The molecule has 15 heteroatoms. The Morgan fingerprint density at radius 3 is 2.67 bits per heavy atom. The zero-order valence-corrected chi connectivity index (χ0v) is 27.6. The second kappa shape index (κ2) is 14.2. The number of ether oxygens (including phenoxy) is 5. The summed E-state index contributed by atoms with van der Waals surface area (Å²) in [5, 5.41) is 21.1. The van der Waals surface area contributed by atoms with E-state index in [2.05, 4.69) is 11.8 Å². The van der Waals surface area contributed by atoms with Gasteiger partial charge in [0.25, 0.3) is 5.09 Å². The molecule has 0 bridgehead atoms. The van der Waals surface area contributed by atoms with Gasteiger partial charge in [-0.15, -0.1) is 10.1 Å². The normalized spacial score (nSPS) is 36.9. The van der Waals surface area contributed by atoms with Crippen molar-refractivity contribution in [3.05, 3.63) is 33.9 Å². The fourth-order valence-electron chi connectivity index (χ4n) is 9.13. The molecule has 3 unspecified atom stereocenters. The van der Waals surface area contributed by atoms with Gasteiger partial charge in [-0.3, -0.25) is 14.4 Å². The molecule has 0 aromatic rings. The number of unbranched alkanes of at least 4 members (excludes halogenated alkanes) is 1. The van der Waals surface area contributed by atoms with Crippen molar-refractivity contribution in [3.8, 4) is 0 Å². The van der Waals surface area contributed by atoms with E-state index in [-0.39, 0.29) is 49.6 Å². The molecular weight excluding hydrogens is 632 g/mol. The summed E-state index contributed by atoms with van der Waals surface area (Å²) < 4.78 is 28.1. The van der Waals surface area contributed by atoms with Gasteiger partial charge in [0.15, 0.2) is 24.3 Å². The van der Waals surface area contributed by atoms with Crippen LogP contribution in [0, 0.1) is 38.7 Å². The number of esters is 1. The van der Waals surface area contributed by atoms with E-state index in [9.17, 15) is 34.4 Å². The van der Waals surface area contributed by atoms with Crippen LogP contribution in [0.3, 0.4) is 0 Å². The lowest BCUT2D eigenvalue weighted by molar-refractivity contribution is -0.757. The Labute approximate surface area is 278 Å². The lowest BCUT2D eigenvalue weighted by atomic mass is 9.46. The number of ketones is 2. The molecule has 10 atom stereocenters. The second-order valence-electron chi connectivity index (χ2n) is 14.0. The van der Waals surface area contributed by atoms with Crippen molar-refractivity contribution in [1.29, 1.82) is 0 Å². The number of nitrogens with two attached hydrogens (primary N) is 1. The quantitative estimate of drug-likeness (QED) is 0.117. The number of Topliss-reactive ketones (excluding diaryl/α,β-unsaturated/α-hetero) is 1. The van der Waals surface area contributed by atoms with Gasteiger partial charge in [0.05, 0.1) is 25.4 Å². The Balaban J connectivity index is 1.22. The van der Waals surface area contributed by atoms with Crippen LogP contribution >= 0.6 is 0 Å². The van der Waals surface area contributed by atoms with Crippen LogP contribution in [-0.4, -0.2) is 90.5 Å². The molecule has 1 heterocycles. The van der Waals surface area contributed by atoms with Crippen LogP contribution in [0.1, 0.15) is 72.1 Å². The smallest absolute Gasteiger partial charge is 0.464 e. The first-order valence-corrected chi connectivity index (χ1v) is 16.7. The topological polar surface area (TPSA) is 213 Å². The highest BCUT2D eigenvalue weighted by molar-refractivity contribution is 6.01. The van der Waals surface area contributed by atoms with Crippen molar-refractivity contribution < 1.29 is 57.9 Å². The van der Waals surface area contributed by atoms with Crippen LogP contribution in [0.2, 0.25) is 0 Å². The van der Waals surface area contributed by atoms with Crippen LogP contribution in [0.5, 0.6) is 0 Å². The number of hydrogen-bond donors (Lipinski definition) is 2. The first-order chi connectivity index (χ1) is 22.8. The predicted octanol–water partition coefficient (Wildman–Crippen LogP) is 2.74. The van der Waals surface area contributed by atoms with E-state index in [1.165, 1.54) is 0 Å². The van der Waals surface area contributed by atoms with E-state index in [1.807, 2.05) is 19.9 Å². The van der Waals surface area contributed by atoms with Gasteiger partial charge in [-0.25, -0.2) is 4.79 Å². The summed E-state index contributed by atoms with van der Waals surface area (Å²) in [6.07, 6.45) is 6.15. The lowest BCUT2D eigenvalue weighted by Gasteiger charge is -2.59. The minimum atomic E-state index is -1.47. The van der Waals surface area contributed by atoms with Gasteiger partial charge >= 0.3 is 12.1 Å². The van der Waals surface area contributed by atoms with Crippen LogP contribution in [0.4, 0.5) is 4.79 Å².